The highest BCUT2D eigenvalue weighted by Gasteiger charge is 2.12. The summed E-state index contributed by atoms with van der Waals surface area (Å²) < 4.78 is 1.83. The highest BCUT2D eigenvalue weighted by Crippen LogP contribution is 2.21. The summed E-state index contributed by atoms with van der Waals surface area (Å²) in [6.07, 6.45) is 1.83. The summed E-state index contributed by atoms with van der Waals surface area (Å²) in [5, 5.41) is 3.60. The highest BCUT2D eigenvalue weighted by molar-refractivity contribution is 7.07. The molecule has 8 heteroatoms. The van der Waals surface area contributed by atoms with Crippen molar-refractivity contribution in [1.82, 2.24) is 9.55 Å². The number of aromatic nitrogens is 2. The van der Waals surface area contributed by atoms with Crippen molar-refractivity contribution in [1.29, 1.82) is 0 Å². The zero-order valence-electron chi connectivity index (χ0n) is 14.4. The predicted molar refractivity (Wildman–Crippen MR) is 112 cm³/mol. The Morgan fingerprint density at radius 2 is 1.96 bits per heavy atom. The number of benzene rings is 2. The van der Waals surface area contributed by atoms with Crippen LogP contribution >= 0.6 is 34.5 Å². The maximum absolute atomic E-state index is 12.8. The van der Waals surface area contributed by atoms with Crippen molar-refractivity contribution in [3.05, 3.63) is 96.4 Å². The Labute approximate surface area is 173 Å². The number of thiazole rings is 1. The van der Waals surface area contributed by atoms with Gasteiger partial charge < -0.3 is 9.55 Å². The summed E-state index contributed by atoms with van der Waals surface area (Å²) in [5.74, 6) is -0.472. The quantitative estimate of drug-likeness (QED) is 0.521. The molecule has 2 heterocycles. The number of aromatic amines is 1. The summed E-state index contributed by atoms with van der Waals surface area (Å²) in [7, 11) is 0. The average molecular weight is 430 g/mol. The Morgan fingerprint density at radius 3 is 2.79 bits per heavy atom. The fourth-order valence-electron chi connectivity index (χ4n) is 2.87. The molecule has 0 unspecified atom stereocenters. The minimum absolute atomic E-state index is 0.267. The largest absolute Gasteiger partial charge is 0.322 e. The van der Waals surface area contributed by atoms with Gasteiger partial charge in [0.25, 0.3) is 5.91 Å². The number of pyridine rings is 1. The molecular weight excluding hydrogens is 417 g/mol. The first-order valence-electron chi connectivity index (χ1n) is 8.30. The van der Waals surface area contributed by atoms with E-state index in [9.17, 15) is 9.59 Å². The van der Waals surface area contributed by atoms with E-state index in [1.54, 1.807) is 30.3 Å². The lowest BCUT2D eigenvalue weighted by molar-refractivity contribution is 0.0999. The molecule has 1 amide bonds. The van der Waals surface area contributed by atoms with Crippen molar-refractivity contribution in [3.63, 3.8) is 0 Å². The Balaban J connectivity index is 1.74. The fourth-order valence-corrected chi connectivity index (χ4v) is 4.06. The third kappa shape index (κ3) is 3.80. The summed E-state index contributed by atoms with van der Waals surface area (Å²) in [4.78, 5) is 32.2. The maximum atomic E-state index is 12.8. The molecule has 4 rings (SSSR count). The van der Waals surface area contributed by atoms with Crippen molar-refractivity contribution in [3.8, 4) is 0 Å². The molecule has 0 bridgehead atoms. The Bertz CT molecular complexity index is 1320. The molecule has 0 fully saturated rings. The molecule has 0 aliphatic rings. The van der Waals surface area contributed by atoms with E-state index < -0.39 is 5.91 Å². The van der Waals surface area contributed by atoms with Crippen LogP contribution in [0.4, 0.5) is 0 Å². The molecule has 0 aliphatic carbocycles. The number of nitrogens with zero attached hydrogens (tertiary/aromatic N) is 2. The Hall–Kier alpha value is -2.67. The van der Waals surface area contributed by atoms with Crippen LogP contribution in [0.15, 0.2) is 69.9 Å². The number of halogens is 2. The van der Waals surface area contributed by atoms with Gasteiger partial charge in [-0.15, -0.1) is 11.3 Å². The van der Waals surface area contributed by atoms with Gasteiger partial charge >= 0.3 is 0 Å². The van der Waals surface area contributed by atoms with Crippen LogP contribution in [0.25, 0.3) is 10.9 Å². The van der Waals surface area contributed by atoms with E-state index in [0.717, 1.165) is 5.56 Å². The smallest absolute Gasteiger partial charge is 0.280 e. The molecule has 0 radical (unpaired) electrons. The highest BCUT2D eigenvalue weighted by atomic mass is 35.5. The molecule has 1 N–H and O–H groups in total. The number of carbonyl (C=O) groups excluding carboxylic acids is 1. The van der Waals surface area contributed by atoms with Gasteiger partial charge in [-0.25, -0.2) is 0 Å². The lowest BCUT2D eigenvalue weighted by atomic mass is 10.1. The van der Waals surface area contributed by atoms with E-state index in [1.165, 1.54) is 17.4 Å². The van der Waals surface area contributed by atoms with Crippen LogP contribution in [-0.2, 0) is 6.54 Å². The fraction of sp³-hybridized carbons (Fsp3) is 0.0500. The first-order valence-corrected chi connectivity index (χ1v) is 9.94. The van der Waals surface area contributed by atoms with E-state index in [4.69, 9.17) is 23.2 Å². The lowest BCUT2D eigenvalue weighted by Gasteiger charge is -2.06. The molecule has 140 valence electrons. The number of fused-ring (bicyclic) bond motifs is 1. The standard InChI is InChI=1S/C20H13Cl2N3O2S/c21-13-6-5-12(16(22)9-13)11-25-7-8-28-20(25)24-19(27)15-10-18(26)23-17-4-2-1-3-14(15)17/h1-10H,11H2,(H,23,26). The monoisotopic (exact) mass is 429 g/mol. The number of rotatable bonds is 3. The number of carbonyl (C=O) groups is 1. The van der Waals surface area contributed by atoms with Crippen LogP contribution in [0, 0.1) is 0 Å². The molecule has 0 aliphatic heterocycles. The van der Waals surface area contributed by atoms with Crippen LogP contribution in [0.3, 0.4) is 0 Å². The van der Waals surface area contributed by atoms with Crippen molar-refractivity contribution < 1.29 is 4.79 Å². The lowest BCUT2D eigenvalue weighted by Crippen LogP contribution is -2.18. The second-order valence-electron chi connectivity index (χ2n) is 6.06. The minimum atomic E-state index is -0.472. The van der Waals surface area contributed by atoms with Crippen LogP contribution in [-0.4, -0.2) is 15.5 Å². The maximum Gasteiger partial charge on any atom is 0.280 e. The van der Waals surface area contributed by atoms with E-state index >= 15 is 0 Å². The first-order chi connectivity index (χ1) is 13.5. The van der Waals surface area contributed by atoms with Crippen LogP contribution in [0.2, 0.25) is 10.0 Å². The summed E-state index contributed by atoms with van der Waals surface area (Å²) in [6, 6.07) is 13.7. The van der Waals surface area contributed by atoms with Crippen molar-refractivity contribution in [2.75, 3.05) is 0 Å². The van der Waals surface area contributed by atoms with E-state index in [1.807, 2.05) is 28.3 Å². The molecule has 0 saturated heterocycles. The molecule has 0 spiro atoms. The van der Waals surface area contributed by atoms with Gasteiger partial charge in [0, 0.05) is 38.6 Å². The Morgan fingerprint density at radius 1 is 1.14 bits per heavy atom. The van der Waals surface area contributed by atoms with Crippen molar-refractivity contribution >= 4 is 51.3 Å². The predicted octanol–water partition coefficient (Wildman–Crippen LogP) is 4.49. The third-order valence-electron chi connectivity index (χ3n) is 4.19. The molecule has 4 aromatic rings. The second-order valence-corrected chi connectivity index (χ2v) is 7.78. The van der Waals surface area contributed by atoms with E-state index in [2.05, 4.69) is 9.98 Å². The minimum Gasteiger partial charge on any atom is -0.322 e. The SMILES string of the molecule is O=C(N=c1sccn1Cc1ccc(Cl)cc1Cl)c1cc(=O)[nH]c2ccccc12. The van der Waals surface area contributed by atoms with Gasteiger partial charge in [0.15, 0.2) is 4.80 Å². The summed E-state index contributed by atoms with van der Waals surface area (Å²) in [5.41, 5.74) is 1.38. The van der Waals surface area contributed by atoms with E-state index in [-0.39, 0.29) is 11.1 Å². The molecule has 0 atom stereocenters. The first kappa shape index (κ1) is 18.7. The number of para-hydroxylation sites is 1. The van der Waals surface area contributed by atoms with Gasteiger partial charge in [-0.05, 0) is 23.8 Å². The van der Waals surface area contributed by atoms with Gasteiger partial charge in [-0.2, -0.15) is 4.99 Å². The average Bonchev–Trinajstić information content (AvgIpc) is 3.10. The van der Waals surface area contributed by atoms with Crippen molar-refractivity contribution in [2.24, 2.45) is 4.99 Å². The van der Waals surface area contributed by atoms with Crippen LogP contribution in [0.5, 0.6) is 0 Å². The number of nitrogens with one attached hydrogen (secondary N) is 1. The van der Waals surface area contributed by atoms with Gasteiger partial charge in [-0.1, -0.05) is 47.5 Å². The topological polar surface area (TPSA) is 67.2 Å². The number of H-pyrrole nitrogens is 1. The second kappa shape index (κ2) is 7.75. The summed E-state index contributed by atoms with van der Waals surface area (Å²) >= 11 is 13.5. The summed E-state index contributed by atoms with van der Waals surface area (Å²) in [6.45, 7) is 0.446. The van der Waals surface area contributed by atoms with Crippen molar-refractivity contribution in [2.45, 2.75) is 6.54 Å². The molecule has 0 saturated carbocycles. The normalized spacial score (nSPS) is 11.9. The zero-order chi connectivity index (χ0) is 19.7. The third-order valence-corrected chi connectivity index (χ3v) is 5.58. The van der Waals surface area contributed by atoms with Crippen LogP contribution in [0.1, 0.15) is 15.9 Å². The van der Waals surface area contributed by atoms with Gasteiger partial charge in [0.05, 0.1) is 12.1 Å². The van der Waals surface area contributed by atoms with Gasteiger partial charge in [0.1, 0.15) is 0 Å². The zero-order valence-corrected chi connectivity index (χ0v) is 16.7. The number of hydrogen-bond acceptors (Lipinski definition) is 3. The van der Waals surface area contributed by atoms with Gasteiger partial charge in [0.2, 0.25) is 5.56 Å². The van der Waals surface area contributed by atoms with E-state index in [0.29, 0.717) is 32.3 Å². The molecule has 5 nitrogen and oxygen atoms in total. The van der Waals surface area contributed by atoms with Gasteiger partial charge in [-0.3, -0.25) is 9.59 Å². The molecular formula is C20H13Cl2N3O2S. The van der Waals surface area contributed by atoms with Crippen LogP contribution < -0.4 is 10.4 Å². The number of hydrogen-bond donors (Lipinski definition) is 1. The molecule has 28 heavy (non-hydrogen) atoms. The molecule has 2 aromatic heterocycles. The Kier molecular flexibility index (Phi) is 5.17. The number of amides is 1. The molecule has 2 aromatic carbocycles.